The summed E-state index contributed by atoms with van der Waals surface area (Å²) in [6, 6.07) is 14.5. The van der Waals surface area contributed by atoms with Gasteiger partial charge in [0.05, 0.1) is 11.9 Å². The highest BCUT2D eigenvalue weighted by Crippen LogP contribution is 2.19. The molecule has 0 atom stereocenters. The fourth-order valence-electron chi connectivity index (χ4n) is 1.85. The van der Waals surface area contributed by atoms with E-state index in [1.165, 1.54) is 0 Å². The van der Waals surface area contributed by atoms with Crippen LogP contribution in [0.15, 0.2) is 54.7 Å². The van der Waals surface area contributed by atoms with E-state index < -0.39 is 0 Å². The molecule has 0 saturated carbocycles. The van der Waals surface area contributed by atoms with E-state index in [1.807, 2.05) is 30.5 Å². The van der Waals surface area contributed by atoms with Crippen LogP contribution in [0.5, 0.6) is 0 Å². The van der Waals surface area contributed by atoms with Gasteiger partial charge in [0.25, 0.3) is 0 Å². The molecule has 0 aliphatic heterocycles. The average molecular weight is 284 g/mol. The molecule has 0 saturated heterocycles. The van der Waals surface area contributed by atoms with Crippen LogP contribution in [-0.2, 0) is 0 Å². The van der Waals surface area contributed by atoms with Crippen molar-refractivity contribution in [1.82, 2.24) is 15.0 Å². The Hall–Kier alpha value is -2.46. The monoisotopic (exact) mass is 283 g/mol. The molecule has 0 unspecified atom stereocenters. The normalized spacial score (nSPS) is 10.4. The molecule has 0 spiro atoms. The Labute approximate surface area is 120 Å². The van der Waals surface area contributed by atoms with Crippen LogP contribution in [0.1, 0.15) is 10.4 Å². The first-order chi connectivity index (χ1) is 9.76. The lowest BCUT2D eigenvalue weighted by atomic mass is 10.1. The first-order valence-electron chi connectivity index (χ1n) is 6.00. The van der Waals surface area contributed by atoms with Gasteiger partial charge >= 0.3 is 0 Å². The van der Waals surface area contributed by atoms with E-state index in [-0.39, 0.29) is 0 Å². The van der Waals surface area contributed by atoms with Crippen molar-refractivity contribution in [3.63, 3.8) is 0 Å². The van der Waals surface area contributed by atoms with Crippen molar-refractivity contribution in [2.24, 2.45) is 0 Å². The fraction of sp³-hybridized carbons (Fsp3) is 0. The van der Waals surface area contributed by atoms with E-state index in [4.69, 9.17) is 11.6 Å². The summed E-state index contributed by atoms with van der Waals surface area (Å²) in [5.41, 5.74) is 3.18. The van der Waals surface area contributed by atoms with Crippen molar-refractivity contribution >= 4 is 17.9 Å². The van der Waals surface area contributed by atoms with Gasteiger partial charge in [-0.1, -0.05) is 41.1 Å². The van der Waals surface area contributed by atoms with Gasteiger partial charge in [0.1, 0.15) is 12.0 Å². The number of carbonyl (C=O) groups excluding carboxylic acids is 1. The third-order valence-corrected chi connectivity index (χ3v) is 3.18. The second kappa shape index (κ2) is 5.27. The molecule has 5 heteroatoms. The zero-order valence-corrected chi connectivity index (χ0v) is 11.2. The number of hydrogen-bond acceptors (Lipinski definition) is 3. The van der Waals surface area contributed by atoms with Crippen LogP contribution in [0.2, 0.25) is 5.02 Å². The molecule has 3 aromatic rings. The van der Waals surface area contributed by atoms with Gasteiger partial charge in [-0.2, -0.15) is 0 Å². The summed E-state index contributed by atoms with van der Waals surface area (Å²) in [6.07, 6.45) is 2.65. The summed E-state index contributed by atoms with van der Waals surface area (Å²) in [5, 5.41) is 8.90. The van der Waals surface area contributed by atoms with Crippen molar-refractivity contribution < 1.29 is 4.79 Å². The number of halogens is 1. The van der Waals surface area contributed by atoms with Crippen LogP contribution >= 0.6 is 11.6 Å². The van der Waals surface area contributed by atoms with Gasteiger partial charge in [-0.25, -0.2) is 4.68 Å². The summed E-state index contributed by atoms with van der Waals surface area (Å²) in [7, 11) is 0. The average Bonchev–Trinajstić information content (AvgIpc) is 2.98. The number of benzene rings is 2. The minimum atomic E-state index is 0.638. The molecule has 0 amide bonds. The summed E-state index contributed by atoms with van der Waals surface area (Å²) < 4.78 is 1.68. The number of aldehydes is 1. The predicted molar refractivity (Wildman–Crippen MR) is 77.2 cm³/mol. The predicted octanol–water partition coefficient (Wildman–Crippen LogP) is 3.40. The van der Waals surface area contributed by atoms with Crippen molar-refractivity contribution in [1.29, 1.82) is 0 Å². The van der Waals surface area contributed by atoms with E-state index in [2.05, 4.69) is 10.3 Å². The number of hydrogen-bond donors (Lipinski definition) is 0. The lowest BCUT2D eigenvalue weighted by Crippen LogP contribution is -1.93. The Morgan fingerprint density at radius 3 is 2.35 bits per heavy atom. The molecule has 0 bridgehead atoms. The molecule has 20 heavy (non-hydrogen) atoms. The van der Waals surface area contributed by atoms with Gasteiger partial charge in [0.15, 0.2) is 0 Å². The summed E-state index contributed by atoms with van der Waals surface area (Å²) in [5.74, 6) is 0. The molecular weight excluding hydrogens is 274 g/mol. The minimum Gasteiger partial charge on any atom is -0.298 e. The summed E-state index contributed by atoms with van der Waals surface area (Å²) >= 11 is 5.86. The Balaban J connectivity index is 1.92. The Morgan fingerprint density at radius 1 is 1.00 bits per heavy atom. The second-order valence-electron chi connectivity index (χ2n) is 4.26. The standard InChI is InChI=1S/C15H10ClN3O/c16-13-5-7-14(8-6-13)19-9-15(17-18-19)12-3-1-11(10-20)2-4-12/h1-10H. The van der Waals surface area contributed by atoms with Gasteiger partial charge in [-0.3, -0.25) is 4.79 Å². The van der Waals surface area contributed by atoms with E-state index >= 15 is 0 Å². The van der Waals surface area contributed by atoms with Gasteiger partial charge < -0.3 is 0 Å². The zero-order chi connectivity index (χ0) is 13.9. The molecule has 1 aromatic heterocycles. The van der Waals surface area contributed by atoms with E-state index in [9.17, 15) is 4.79 Å². The maximum Gasteiger partial charge on any atom is 0.150 e. The first kappa shape index (κ1) is 12.6. The number of rotatable bonds is 3. The molecule has 3 rings (SSSR count). The third-order valence-electron chi connectivity index (χ3n) is 2.93. The molecule has 0 aliphatic carbocycles. The molecule has 0 aliphatic rings. The summed E-state index contributed by atoms with van der Waals surface area (Å²) in [6.45, 7) is 0. The maximum absolute atomic E-state index is 10.6. The van der Waals surface area contributed by atoms with Gasteiger partial charge in [0, 0.05) is 16.1 Å². The minimum absolute atomic E-state index is 0.638. The Bertz CT molecular complexity index is 733. The van der Waals surface area contributed by atoms with Gasteiger partial charge in [-0.15, -0.1) is 5.10 Å². The largest absolute Gasteiger partial charge is 0.298 e. The number of nitrogens with zero attached hydrogens (tertiary/aromatic N) is 3. The fourth-order valence-corrected chi connectivity index (χ4v) is 1.97. The Morgan fingerprint density at radius 2 is 1.70 bits per heavy atom. The van der Waals surface area contributed by atoms with Gasteiger partial charge in [0.2, 0.25) is 0 Å². The van der Waals surface area contributed by atoms with Crippen molar-refractivity contribution in [2.45, 2.75) is 0 Å². The highest BCUT2D eigenvalue weighted by Gasteiger charge is 2.05. The first-order valence-corrected chi connectivity index (χ1v) is 6.38. The van der Waals surface area contributed by atoms with E-state index in [0.717, 1.165) is 23.2 Å². The van der Waals surface area contributed by atoms with Crippen molar-refractivity contribution in [2.75, 3.05) is 0 Å². The molecule has 0 N–H and O–H groups in total. The number of carbonyl (C=O) groups is 1. The quantitative estimate of drug-likeness (QED) is 0.692. The van der Waals surface area contributed by atoms with Crippen LogP contribution < -0.4 is 0 Å². The Kier molecular flexibility index (Phi) is 3.31. The van der Waals surface area contributed by atoms with Crippen LogP contribution in [0.3, 0.4) is 0 Å². The van der Waals surface area contributed by atoms with Crippen LogP contribution in [0.4, 0.5) is 0 Å². The van der Waals surface area contributed by atoms with Gasteiger partial charge in [-0.05, 0) is 24.3 Å². The van der Waals surface area contributed by atoms with E-state index in [0.29, 0.717) is 10.6 Å². The lowest BCUT2D eigenvalue weighted by molar-refractivity contribution is 0.112. The van der Waals surface area contributed by atoms with Crippen molar-refractivity contribution in [3.05, 3.63) is 65.3 Å². The highest BCUT2D eigenvalue weighted by atomic mass is 35.5. The maximum atomic E-state index is 10.6. The van der Waals surface area contributed by atoms with E-state index in [1.54, 1.807) is 28.9 Å². The SMILES string of the molecule is O=Cc1ccc(-c2cn(-c3ccc(Cl)cc3)nn2)cc1. The highest BCUT2D eigenvalue weighted by molar-refractivity contribution is 6.30. The lowest BCUT2D eigenvalue weighted by Gasteiger charge is -1.99. The van der Waals surface area contributed by atoms with Crippen LogP contribution in [0, 0.1) is 0 Å². The molecule has 4 nitrogen and oxygen atoms in total. The molecule has 1 heterocycles. The third kappa shape index (κ3) is 2.46. The molecule has 98 valence electrons. The van der Waals surface area contributed by atoms with Crippen LogP contribution in [0.25, 0.3) is 16.9 Å². The molecule has 0 radical (unpaired) electrons. The summed E-state index contributed by atoms with van der Waals surface area (Å²) in [4.78, 5) is 10.6. The molecule has 2 aromatic carbocycles. The van der Waals surface area contributed by atoms with Crippen molar-refractivity contribution in [3.8, 4) is 16.9 Å². The smallest absolute Gasteiger partial charge is 0.150 e. The van der Waals surface area contributed by atoms with Crippen LogP contribution in [-0.4, -0.2) is 21.3 Å². The second-order valence-corrected chi connectivity index (χ2v) is 4.70. The number of aromatic nitrogens is 3. The zero-order valence-electron chi connectivity index (χ0n) is 10.4. The topological polar surface area (TPSA) is 47.8 Å². The molecular formula is C15H10ClN3O. The molecule has 0 fully saturated rings.